The van der Waals surface area contributed by atoms with Crippen LogP contribution in [0, 0.1) is 0 Å². The van der Waals surface area contributed by atoms with E-state index in [1.54, 1.807) is 31.0 Å². The molecule has 0 saturated heterocycles. The van der Waals surface area contributed by atoms with Gasteiger partial charge in [-0.25, -0.2) is 4.98 Å². The summed E-state index contributed by atoms with van der Waals surface area (Å²) in [6, 6.07) is 11.1. The summed E-state index contributed by atoms with van der Waals surface area (Å²) in [4.78, 5) is 4.46. The van der Waals surface area contributed by atoms with Gasteiger partial charge >= 0.3 is 0 Å². The number of rotatable bonds is 4. The van der Waals surface area contributed by atoms with Gasteiger partial charge in [-0.2, -0.15) is 4.52 Å². The number of nitrogen functional groups attached to an aromatic ring is 1. The smallest absolute Gasteiger partial charge is 0.220 e. The van der Waals surface area contributed by atoms with Crippen LogP contribution in [0.25, 0.3) is 28.4 Å². The number of pyridine rings is 1. The van der Waals surface area contributed by atoms with Crippen molar-refractivity contribution in [1.82, 2.24) is 19.8 Å². The molecule has 1 aromatic carbocycles. The number of aromatic nitrogens is 4. The summed E-state index contributed by atoms with van der Waals surface area (Å²) in [6.07, 6.45) is 1.54. The summed E-state index contributed by atoms with van der Waals surface area (Å²) in [5, 5.41) is 8.02. The minimum Gasteiger partial charge on any atom is -0.493 e. The Kier molecular flexibility index (Phi) is 3.50. The van der Waals surface area contributed by atoms with E-state index in [0.29, 0.717) is 34.5 Å². The highest BCUT2D eigenvalue weighted by molar-refractivity contribution is 5.73. The second kappa shape index (κ2) is 5.82. The molecule has 25 heavy (non-hydrogen) atoms. The van der Waals surface area contributed by atoms with E-state index >= 15 is 0 Å². The molecule has 0 amide bonds. The number of anilines is 1. The van der Waals surface area contributed by atoms with Crippen LogP contribution in [0.5, 0.6) is 11.5 Å². The predicted molar refractivity (Wildman–Crippen MR) is 91.4 cm³/mol. The van der Waals surface area contributed by atoms with Crippen LogP contribution < -0.4 is 15.2 Å². The molecule has 0 bridgehead atoms. The summed E-state index contributed by atoms with van der Waals surface area (Å²) in [6.45, 7) is 0. The van der Waals surface area contributed by atoms with Crippen molar-refractivity contribution in [2.45, 2.75) is 0 Å². The first kappa shape index (κ1) is 15.0. The van der Waals surface area contributed by atoms with Gasteiger partial charge in [-0.05, 0) is 35.4 Å². The average Bonchev–Trinajstić information content (AvgIpc) is 3.30. The maximum Gasteiger partial charge on any atom is 0.220 e. The first-order valence-electron chi connectivity index (χ1n) is 7.49. The molecule has 3 aromatic heterocycles. The third-order valence-electron chi connectivity index (χ3n) is 3.84. The summed E-state index contributed by atoms with van der Waals surface area (Å²) < 4.78 is 17.3. The average molecular weight is 337 g/mol. The fourth-order valence-electron chi connectivity index (χ4n) is 2.63. The van der Waals surface area contributed by atoms with Crippen LogP contribution in [-0.4, -0.2) is 34.0 Å². The number of nitrogens with zero attached hydrogens (tertiary/aromatic N) is 4. The third-order valence-corrected chi connectivity index (χ3v) is 3.84. The van der Waals surface area contributed by atoms with Crippen molar-refractivity contribution in [1.29, 1.82) is 0 Å². The Balaban J connectivity index is 1.83. The number of benzene rings is 1. The quantitative estimate of drug-likeness (QED) is 0.611. The van der Waals surface area contributed by atoms with Gasteiger partial charge in [0.1, 0.15) is 5.82 Å². The van der Waals surface area contributed by atoms with Gasteiger partial charge in [0.25, 0.3) is 0 Å². The predicted octanol–water partition coefficient (Wildman–Crippen LogP) is 2.65. The van der Waals surface area contributed by atoms with Crippen molar-refractivity contribution in [2.75, 3.05) is 20.0 Å². The number of fused-ring (bicyclic) bond motifs is 1. The fraction of sp³-hybridized carbons (Fsp3) is 0.118. The van der Waals surface area contributed by atoms with Crippen LogP contribution >= 0.6 is 0 Å². The first-order valence-corrected chi connectivity index (χ1v) is 7.49. The molecule has 0 spiro atoms. The number of hydrogen-bond acceptors (Lipinski definition) is 7. The number of methoxy groups -OCH3 is 2. The fourth-order valence-corrected chi connectivity index (χ4v) is 2.63. The minimum absolute atomic E-state index is 0.425. The zero-order valence-corrected chi connectivity index (χ0v) is 13.6. The summed E-state index contributed by atoms with van der Waals surface area (Å²) in [5.74, 6) is 2.67. The maximum atomic E-state index is 6.15. The number of ether oxygens (including phenoxy) is 2. The van der Waals surface area contributed by atoms with Crippen molar-refractivity contribution in [3.05, 3.63) is 42.6 Å². The molecular formula is C17H15N5O3. The Bertz CT molecular complexity index is 1040. The van der Waals surface area contributed by atoms with Crippen molar-refractivity contribution in [2.24, 2.45) is 0 Å². The van der Waals surface area contributed by atoms with Gasteiger partial charge in [0.15, 0.2) is 17.1 Å². The largest absolute Gasteiger partial charge is 0.493 e. The van der Waals surface area contributed by atoms with Gasteiger partial charge in [-0.3, -0.25) is 0 Å². The van der Waals surface area contributed by atoms with Gasteiger partial charge in [0.2, 0.25) is 11.6 Å². The van der Waals surface area contributed by atoms with Crippen LogP contribution in [0.2, 0.25) is 0 Å². The second-order valence-electron chi connectivity index (χ2n) is 5.32. The molecule has 8 nitrogen and oxygen atoms in total. The van der Waals surface area contributed by atoms with Gasteiger partial charge < -0.3 is 19.7 Å². The second-order valence-corrected chi connectivity index (χ2v) is 5.32. The summed E-state index contributed by atoms with van der Waals surface area (Å²) in [7, 11) is 3.20. The molecule has 0 fully saturated rings. The molecule has 8 heteroatoms. The van der Waals surface area contributed by atoms with Gasteiger partial charge in [0, 0.05) is 6.07 Å². The normalized spacial score (nSPS) is 11.0. The molecule has 0 radical (unpaired) electrons. The lowest BCUT2D eigenvalue weighted by molar-refractivity contribution is 0.355. The van der Waals surface area contributed by atoms with Crippen LogP contribution in [0.3, 0.4) is 0 Å². The minimum atomic E-state index is 0.425. The standard InChI is InChI=1S/C17H15N5O3/c1-23-12-4-3-10(7-14(12)24-2)11-8-15(18)22-16(9-11)20-17(21-22)13-5-6-19-25-13/h3-9H,18H2,1-2H3. The van der Waals surface area contributed by atoms with E-state index in [9.17, 15) is 0 Å². The molecule has 0 saturated carbocycles. The molecule has 2 N–H and O–H groups in total. The Morgan fingerprint density at radius 2 is 1.84 bits per heavy atom. The van der Waals surface area contributed by atoms with Crippen LogP contribution in [0.4, 0.5) is 5.82 Å². The zero-order chi connectivity index (χ0) is 17.4. The topological polar surface area (TPSA) is 101 Å². The SMILES string of the molecule is COc1ccc(-c2cc(N)n3nc(-c4ccno4)nc3c2)cc1OC. The Morgan fingerprint density at radius 1 is 1.00 bits per heavy atom. The lowest BCUT2D eigenvalue weighted by atomic mass is 10.1. The molecule has 3 heterocycles. The molecular weight excluding hydrogens is 322 g/mol. The highest BCUT2D eigenvalue weighted by Gasteiger charge is 2.14. The maximum absolute atomic E-state index is 6.15. The van der Waals surface area contributed by atoms with Crippen molar-refractivity contribution < 1.29 is 14.0 Å². The molecule has 0 unspecified atom stereocenters. The van der Waals surface area contributed by atoms with Gasteiger partial charge in [-0.1, -0.05) is 11.2 Å². The van der Waals surface area contributed by atoms with Gasteiger partial charge in [0.05, 0.1) is 20.4 Å². The molecule has 0 atom stereocenters. The molecule has 4 aromatic rings. The van der Waals surface area contributed by atoms with E-state index in [1.165, 1.54) is 0 Å². The Morgan fingerprint density at radius 3 is 2.56 bits per heavy atom. The molecule has 4 rings (SSSR count). The number of nitrogens with two attached hydrogens (primary N) is 1. The molecule has 126 valence electrons. The van der Waals surface area contributed by atoms with Crippen molar-refractivity contribution in [3.8, 4) is 34.2 Å². The highest BCUT2D eigenvalue weighted by atomic mass is 16.5. The van der Waals surface area contributed by atoms with E-state index in [2.05, 4.69) is 15.2 Å². The van der Waals surface area contributed by atoms with E-state index in [1.807, 2.05) is 30.3 Å². The summed E-state index contributed by atoms with van der Waals surface area (Å²) in [5.41, 5.74) is 8.57. The van der Waals surface area contributed by atoms with E-state index in [4.69, 9.17) is 19.7 Å². The highest BCUT2D eigenvalue weighted by Crippen LogP contribution is 2.33. The van der Waals surface area contributed by atoms with E-state index < -0.39 is 0 Å². The van der Waals surface area contributed by atoms with E-state index in [0.717, 1.165) is 11.1 Å². The Hall–Kier alpha value is -3.55. The summed E-state index contributed by atoms with van der Waals surface area (Å²) >= 11 is 0. The lowest BCUT2D eigenvalue weighted by Gasteiger charge is -2.10. The molecule has 0 aliphatic carbocycles. The third kappa shape index (κ3) is 2.53. The van der Waals surface area contributed by atoms with Crippen LogP contribution in [-0.2, 0) is 0 Å². The van der Waals surface area contributed by atoms with Crippen molar-refractivity contribution >= 4 is 11.5 Å². The zero-order valence-electron chi connectivity index (χ0n) is 13.6. The van der Waals surface area contributed by atoms with Gasteiger partial charge in [-0.15, -0.1) is 5.10 Å². The molecule has 0 aliphatic heterocycles. The van der Waals surface area contributed by atoms with E-state index in [-0.39, 0.29) is 0 Å². The first-order chi connectivity index (χ1) is 12.2. The number of hydrogen-bond donors (Lipinski definition) is 1. The molecule has 0 aliphatic rings. The van der Waals surface area contributed by atoms with Crippen LogP contribution in [0.15, 0.2) is 47.1 Å². The Labute approximate surface area is 142 Å². The van der Waals surface area contributed by atoms with Crippen LogP contribution in [0.1, 0.15) is 0 Å². The lowest BCUT2D eigenvalue weighted by Crippen LogP contribution is -1.99. The van der Waals surface area contributed by atoms with Crippen molar-refractivity contribution in [3.63, 3.8) is 0 Å². The monoisotopic (exact) mass is 337 g/mol.